The SMILES string of the molecule is CC(C)CC(=O)N(C)c1cccc(C(N)=NO)c1. The lowest BCUT2D eigenvalue weighted by atomic mass is 10.1. The van der Waals surface area contributed by atoms with Gasteiger partial charge in [0.05, 0.1) is 0 Å². The third-order valence-corrected chi connectivity index (χ3v) is 2.59. The van der Waals surface area contributed by atoms with Crippen LogP contribution in [0.1, 0.15) is 25.8 Å². The Morgan fingerprint density at radius 1 is 1.50 bits per heavy atom. The topological polar surface area (TPSA) is 78.9 Å². The van der Waals surface area contributed by atoms with Gasteiger partial charge in [0.2, 0.25) is 5.91 Å². The minimum atomic E-state index is 0.0292. The molecule has 1 aromatic carbocycles. The van der Waals surface area contributed by atoms with E-state index in [9.17, 15) is 4.79 Å². The van der Waals surface area contributed by atoms with Crippen LogP contribution in [0.15, 0.2) is 29.4 Å². The lowest BCUT2D eigenvalue weighted by Gasteiger charge is -2.19. The van der Waals surface area contributed by atoms with E-state index in [0.717, 1.165) is 5.69 Å². The Labute approximate surface area is 107 Å². The van der Waals surface area contributed by atoms with Gasteiger partial charge in [0, 0.05) is 24.7 Å². The largest absolute Gasteiger partial charge is 0.409 e. The highest BCUT2D eigenvalue weighted by Gasteiger charge is 2.13. The first-order chi connectivity index (χ1) is 8.45. The Balaban J connectivity index is 2.93. The van der Waals surface area contributed by atoms with Crippen molar-refractivity contribution in [3.8, 4) is 0 Å². The second-order valence-electron chi connectivity index (χ2n) is 4.59. The van der Waals surface area contributed by atoms with Crippen LogP contribution in [0.25, 0.3) is 0 Å². The van der Waals surface area contributed by atoms with E-state index >= 15 is 0 Å². The van der Waals surface area contributed by atoms with Crippen LogP contribution in [0.5, 0.6) is 0 Å². The summed E-state index contributed by atoms with van der Waals surface area (Å²) in [5.74, 6) is 0.385. The molecule has 0 aromatic heterocycles. The van der Waals surface area contributed by atoms with Gasteiger partial charge >= 0.3 is 0 Å². The van der Waals surface area contributed by atoms with Gasteiger partial charge in [-0.1, -0.05) is 31.1 Å². The number of oxime groups is 1. The van der Waals surface area contributed by atoms with Crippen LogP contribution in [-0.2, 0) is 4.79 Å². The van der Waals surface area contributed by atoms with Gasteiger partial charge in [-0.3, -0.25) is 4.79 Å². The number of carbonyl (C=O) groups is 1. The first-order valence-corrected chi connectivity index (χ1v) is 5.80. The van der Waals surface area contributed by atoms with Crippen molar-refractivity contribution in [2.75, 3.05) is 11.9 Å². The van der Waals surface area contributed by atoms with E-state index < -0.39 is 0 Å². The van der Waals surface area contributed by atoms with Gasteiger partial charge in [0.1, 0.15) is 0 Å². The molecule has 0 aliphatic carbocycles. The van der Waals surface area contributed by atoms with Gasteiger partial charge in [-0.2, -0.15) is 0 Å². The molecule has 5 heteroatoms. The number of carbonyl (C=O) groups excluding carboxylic acids is 1. The molecule has 0 unspecified atom stereocenters. The maximum atomic E-state index is 11.9. The summed E-state index contributed by atoms with van der Waals surface area (Å²) < 4.78 is 0. The van der Waals surface area contributed by atoms with Crippen molar-refractivity contribution in [1.29, 1.82) is 0 Å². The second kappa shape index (κ2) is 6.05. The molecule has 0 saturated carbocycles. The van der Waals surface area contributed by atoms with E-state index in [1.54, 1.807) is 30.1 Å². The number of amidine groups is 1. The summed E-state index contributed by atoms with van der Waals surface area (Å²) in [6.45, 7) is 4.00. The van der Waals surface area contributed by atoms with Gasteiger partial charge in [0.25, 0.3) is 0 Å². The summed E-state index contributed by atoms with van der Waals surface area (Å²) in [5.41, 5.74) is 6.83. The predicted octanol–water partition coefficient (Wildman–Crippen LogP) is 1.79. The van der Waals surface area contributed by atoms with Gasteiger partial charge < -0.3 is 15.8 Å². The van der Waals surface area contributed by atoms with Crippen molar-refractivity contribution in [3.63, 3.8) is 0 Å². The highest BCUT2D eigenvalue weighted by atomic mass is 16.4. The molecule has 0 spiro atoms. The van der Waals surface area contributed by atoms with Crippen molar-refractivity contribution in [1.82, 2.24) is 0 Å². The molecule has 0 aliphatic heterocycles. The first-order valence-electron chi connectivity index (χ1n) is 5.80. The van der Waals surface area contributed by atoms with Gasteiger partial charge in [-0.05, 0) is 18.1 Å². The fraction of sp³-hybridized carbons (Fsp3) is 0.385. The molecule has 0 atom stereocenters. The molecule has 98 valence electrons. The van der Waals surface area contributed by atoms with E-state index in [-0.39, 0.29) is 11.7 Å². The zero-order chi connectivity index (χ0) is 13.7. The van der Waals surface area contributed by atoms with Crippen LogP contribution in [-0.4, -0.2) is 24.0 Å². The molecule has 0 heterocycles. The summed E-state index contributed by atoms with van der Waals surface area (Å²) in [4.78, 5) is 13.5. The molecule has 5 nitrogen and oxygen atoms in total. The number of amides is 1. The lowest BCUT2D eigenvalue weighted by Crippen LogP contribution is -2.27. The fourth-order valence-corrected chi connectivity index (χ4v) is 1.56. The summed E-state index contributed by atoms with van der Waals surface area (Å²) in [6, 6.07) is 7.01. The molecule has 18 heavy (non-hydrogen) atoms. The number of rotatable bonds is 4. The number of anilines is 1. The molecular weight excluding hydrogens is 230 g/mol. The van der Waals surface area contributed by atoms with Crippen molar-refractivity contribution in [2.45, 2.75) is 20.3 Å². The first kappa shape index (κ1) is 14.0. The summed E-state index contributed by atoms with van der Waals surface area (Å²) in [7, 11) is 1.72. The van der Waals surface area contributed by atoms with Crippen LogP contribution >= 0.6 is 0 Å². The highest BCUT2D eigenvalue weighted by molar-refractivity contribution is 5.99. The van der Waals surface area contributed by atoms with Crippen LogP contribution in [0.3, 0.4) is 0 Å². The molecule has 0 fully saturated rings. The quantitative estimate of drug-likeness (QED) is 0.369. The third-order valence-electron chi connectivity index (χ3n) is 2.59. The zero-order valence-corrected chi connectivity index (χ0v) is 10.9. The summed E-state index contributed by atoms with van der Waals surface area (Å²) in [6.07, 6.45) is 0.490. The number of hydrogen-bond acceptors (Lipinski definition) is 3. The van der Waals surface area contributed by atoms with E-state index in [1.807, 2.05) is 19.9 Å². The Kier molecular flexibility index (Phi) is 4.71. The normalized spacial score (nSPS) is 11.7. The lowest BCUT2D eigenvalue weighted by molar-refractivity contribution is -0.119. The van der Waals surface area contributed by atoms with Gasteiger partial charge in [-0.25, -0.2) is 0 Å². The Morgan fingerprint density at radius 3 is 2.72 bits per heavy atom. The third kappa shape index (κ3) is 3.48. The molecule has 1 aromatic rings. The number of nitrogens with two attached hydrogens (primary N) is 1. The molecule has 1 rings (SSSR count). The highest BCUT2D eigenvalue weighted by Crippen LogP contribution is 2.17. The predicted molar refractivity (Wildman–Crippen MR) is 71.8 cm³/mol. The Hall–Kier alpha value is -2.04. The molecule has 0 saturated heterocycles. The fourth-order valence-electron chi connectivity index (χ4n) is 1.56. The van der Waals surface area contributed by atoms with Crippen molar-refractivity contribution >= 4 is 17.4 Å². The van der Waals surface area contributed by atoms with Crippen LogP contribution in [0.2, 0.25) is 0 Å². The summed E-state index contributed by atoms with van der Waals surface area (Å²) in [5, 5.41) is 11.6. The van der Waals surface area contributed by atoms with Crippen molar-refractivity contribution in [3.05, 3.63) is 29.8 Å². The molecule has 1 amide bonds. The Bertz CT molecular complexity index is 455. The molecule has 3 N–H and O–H groups in total. The minimum absolute atomic E-state index is 0.0292. The standard InChI is InChI=1S/C13H19N3O2/c1-9(2)7-12(17)16(3)11-6-4-5-10(8-11)13(14)15-18/h4-6,8-9,18H,7H2,1-3H3,(H2,14,15). The van der Waals surface area contributed by atoms with E-state index in [4.69, 9.17) is 10.9 Å². The van der Waals surface area contributed by atoms with Crippen LogP contribution < -0.4 is 10.6 Å². The number of hydrogen-bond donors (Lipinski definition) is 2. The minimum Gasteiger partial charge on any atom is -0.409 e. The van der Waals surface area contributed by atoms with Crippen molar-refractivity contribution in [2.24, 2.45) is 16.8 Å². The monoisotopic (exact) mass is 249 g/mol. The van der Waals surface area contributed by atoms with E-state index in [2.05, 4.69) is 5.16 Å². The van der Waals surface area contributed by atoms with E-state index in [1.165, 1.54) is 0 Å². The number of nitrogens with zero attached hydrogens (tertiary/aromatic N) is 2. The van der Waals surface area contributed by atoms with Gasteiger partial charge in [-0.15, -0.1) is 0 Å². The average Bonchev–Trinajstić information content (AvgIpc) is 2.36. The molecule has 0 aliphatic rings. The molecular formula is C13H19N3O2. The smallest absolute Gasteiger partial charge is 0.226 e. The molecule has 0 bridgehead atoms. The van der Waals surface area contributed by atoms with Gasteiger partial charge in [0.15, 0.2) is 5.84 Å². The average molecular weight is 249 g/mol. The van der Waals surface area contributed by atoms with Crippen LogP contribution in [0.4, 0.5) is 5.69 Å². The van der Waals surface area contributed by atoms with E-state index in [0.29, 0.717) is 17.9 Å². The van der Waals surface area contributed by atoms with Crippen molar-refractivity contribution < 1.29 is 10.0 Å². The van der Waals surface area contributed by atoms with Crippen LogP contribution in [0, 0.1) is 5.92 Å². The number of benzene rings is 1. The maximum Gasteiger partial charge on any atom is 0.226 e. The Morgan fingerprint density at radius 2 is 2.17 bits per heavy atom. The summed E-state index contributed by atoms with van der Waals surface area (Å²) >= 11 is 0. The maximum absolute atomic E-state index is 11.9. The zero-order valence-electron chi connectivity index (χ0n) is 10.9. The second-order valence-corrected chi connectivity index (χ2v) is 4.59. The molecule has 0 radical (unpaired) electrons.